The van der Waals surface area contributed by atoms with Gasteiger partial charge in [-0.2, -0.15) is 0 Å². The van der Waals surface area contributed by atoms with Crippen molar-refractivity contribution >= 4 is 0 Å². The third kappa shape index (κ3) is 20.1. The first-order chi connectivity index (χ1) is 12.1. The molecular formula is C24H52N+. The van der Waals surface area contributed by atoms with Gasteiger partial charge in [0.2, 0.25) is 0 Å². The van der Waals surface area contributed by atoms with Gasteiger partial charge in [-0.25, -0.2) is 0 Å². The molecule has 0 aliphatic carbocycles. The Morgan fingerprint density at radius 1 is 0.360 bits per heavy atom. The number of quaternary nitrogens is 1. The maximum Gasteiger partial charge on any atom is 0.0782 e. The largest absolute Gasteiger partial charge is 0.328 e. The number of nitrogens with zero attached hydrogens (tertiary/aromatic N) is 1. The molecule has 0 N–H and O–H groups in total. The second kappa shape index (κ2) is 18.7. The van der Waals surface area contributed by atoms with Gasteiger partial charge in [0, 0.05) is 0 Å². The van der Waals surface area contributed by atoms with E-state index in [0.717, 1.165) is 0 Å². The summed E-state index contributed by atoms with van der Waals surface area (Å²) in [7, 11) is 4.87. The second-order valence-corrected chi connectivity index (χ2v) is 9.04. The lowest BCUT2D eigenvalue weighted by Crippen LogP contribution is -2.41. The van der Waals surface area contributed by atoms with Crippen molar-refractivity contribution in [3.8, 4) is 0 Å². The van der Waals surface area contributed by atoms with Crippen LogP contribution >= 0.6 is 0 Å². The van der Waals surface area contributed by atoms with E-state index in [4.69, 9.17) is 0 Å². The molecule has 0 aromatic rings. The van der Waals surface area contributed by atoms with Crippen LogP contribution in [-0.2, 0) is 0 Å². The Morgan fingerprint density at radius 2 is 0.600 bits per heavy atom. The van der Waals surface area contributed by atoms with Gasteiger partial charge in [0.15, 0.2) is 0 Å². The predicted molar refractivity (Wildman–Crippen MR) is 116 cm³/mol. The fraction of sp³-hybridized carbons (Fsp3) is 1.00. The van der Waals surface area contributed by atoms with Crippen molar-refractivity contribution < 1.29 is 4.48 Å². The average Bonchev–Trinajstić information content (AvgIpc) is 2.59. The van der Waals surface area contributed by atoms with Crippen LogP contribution in [0.2, 0.25) is 0 Å². The van der Waals surface area contributed by atoms with Gasteiger partial charge in [-0.05, 0) is 25.7 Å². The number of hydrogen-bond donors (Lipinski definition) is 0. The number of hydrogen-bond acceptors (Lipinski definition) is 0. The molecule has 0 aliphatic heterocycles. The molecule has 0 saturated heterocycles. The lowest BCUT2D eigenvalue weighted by atomic mass is 10.1. The van der Waals surface area contributed by atoms with Crippen molar-refractivity contribution in [2.24, 2.45) is 0 Å². The Morgan fingerprint density at radius 3 is 0.880 bits per heavy atom. The standard InChI is InChI=1S/C24H52N/c1-5-7-9-11-13-14-15-16-17-18-20-22-24-25(3,4)23-21-19-12-10-8-6-2/h5-24H2,1-4H3/q+1. The maximum atomic E-state index is 2.44. The molecule has 0 fully saturated rings. The van der Waals surface area contributed by atoms with Crippen molar-refractivity contribution in [1.82, 2.24) is 0 Å². The topological polar surface area (TPSA) is 0 Å². The van der Waals surface area contributed by atoms with Gasteiger partial charge in [0.1, 0.15) is 0 Å². The Balaban J connectivity index is 3.28. The Kier molecular flexibility index (Phi) is 18.7. The molecular weight excluding hydrogens is 302 g/mol. The lowest BCUT2D eigenvalue weighted by Gasteiger charge is -2.30. The molecule has 1 heteroatoms. The summed E-state index contributed by atoms with van der Waals surface area (Å²) in [5.74, 6) is 0. The van der Waals surface area contributed by atoms with E-state index in [1.54, 1.807) is 0 Å². The monoisotopic (exact) mass is 354 g/mol. The van der Waals surface area contributed by atoms with Crippen LogP contribution in [0.25, 0.3) is 0 Å². The normalized spacial score (nSPS) is 12.0. The van der Waals surface area contributed by atoms with E-state index in [0.29, 0.717) is 0 Å². The summed E-state index contributed by atoms with van der Waals surface area (Å²) in [6, 6.07) is 0. The Labute approximate surface area is 161 Å². The summed E-state index contributed by atoms with van der Waals surface area (Å²) in [6.07, 6.45) is 26.0. The van der Waals surface area contributed by atoms with E-state index in [2.05, 4.69) is 27.9 Å². The molecule has 0 heterocycles. The molecule has 0 aromatic carbocycles. The molecule has 0 rings (SSSR count). The third-order valence-electron chi connectivity index (χ3n) is 5.73. The van der Waals surface area contributed by atoms with Crippen LogP contribution in [-0.4, -0.2) is 31.7 Å². The van der Waals surface area contributed by atoms with Crippen LogP contribution in [0.5, 0.6) is 0 Å². The summed E-state index contributed by atoms with van der Waals surface area (Å²) in [4.78, 5) is 0. The number of rotatable bonds is 20. The minimum absolute atomic E-state index is 1.24. The summed E-state index contributed by atoms with van der Waals surface area (Å²) in [6.45, 7) is 7.36. The molecule has 1 nitrogen and oxygen atoms in total. The fourth-order valence-corrected chi connectivity index (χ4v) is 3.81. The summed E-state index contributed by atoms with van der Waals surface area (Å²) in [5, 5.41) is 0. The van der Waals surface area contributed by atoms with Gasteiger partial charge in [-0.1, -0.05) is 104 Å². The van der Waals surface area contributed by atoms with Crippen LogP contribution in [0.3, 0.4) is 0 Å². The Bertz CT molecular complexity index is 246. The first-order valence-electron chi connectivity index (χ1n) is 11.9. The summed E-state index contributed by atoms with van der Waals surface area (Å²) >= 11 is 0. The van der Waals surface area contributed by atoms with Gasteiger partial charge in [-0.3, -0.25) is 0 Å². The zero-order valence-corrected chi connectivity index (χ0v) is 18.6. The van der Waals surface area contributed by atoms with Crippen LogP contribution in [0.4, 0.5) is 0 Å². The highest BCUT2D eigenvalue weighted by molar-refractivity contribution is 4.49. The molecule has 0 amide bonds. The first kappa shape index (κ1) is 25.0. The van der Waals surface area contributed by atoms with Gasteiger partial charge < -0.3 is 4.48 Å². The van der Waals surface area contributed by atoms with E-state index in [1.165, 1.54) is 133 Å². The van der Waals surface area contributed by atoms with Crippen LogP contribution in [0, 0.1) is 0 Å². The molecule has 0 aliphatic rings. The molecule has 0 saturated carbocycles. The van der Waals surface area contributed by atoms with E-state index < -0.39 is 0 Å². The molecule has 0 spiro atoms. The van der Waals surface area contributed by atoms with Crippen LogP contribution < -0.4 is 0 Å². The second-order valence-electron chi connectivity index (χ2n) is 9.04. The van der Waals surface area contributed by atoms with Gasteiger partial charge in [0.05, 0.1) is 27.2 Å². The summed E-state index contributed by atoms with van der Waals surface area (Å²) < 4.78 is 1.24. The molecule has 0 radical (unpaired) electrons. The highest BCUT2D eigenvalue weighted by atomic mass is 15.3. The first-order valence-corrected chi connectivity index (χ1v) is 11.9. The van der Waals surface area contributed by atoms with E-state index in [-0.39, 0.29) is 0 Å². The molecule has 0 unspecified atom stereocenters. The van der Waals surface area contributed by atoms with E-state index in [1.807, 2.05) is 0 Å². The maximum absolute atomic E-state index is 2.44. The van der Waals surface area contributed by atoms with Crippen molar-refractivity contribution in [1.29, 1.82) is 0 Å². The fourth-order valence-electron chi connectivity index (χ4n) is 3.81. The van der Waals surface area contributed by atoms with Gasteiger partial charge >= 0.3 is 0 Å². The predicted octanol–water partition coefficient (Wildman–Crippen LogP) is 8.12. The highest BCUT2D eigenvalue weighted by Gasteiger charge is 2.13. The van der Waals surface area contributed by atoms with Crippen LogP contribution in [0.1, 0.15) is 129 Å². The lowest BCUT2D eigenvalue weighted by molar-refractivity contribution is -0.890. The quantitative estimate of drug-likeness (QED) is 0.153. The van der Waals surface area contributed by atoms with E-state index in [9.17, 15) is 0 Å². The minimum Gasteiger partial charge on any atom is -0.328 e. The SMILES string of the molecule is CCCCCCCCCCCCCC[N+](C)(C)CCCCCCCC. The smallest absolute Gasteiger partial charge is 0.0782 e. The van der Waals surface area contributed by atoms with Crippen molar-refractivity contribution in [3.63, 3.8) is 0 Å². The van der Waals surface area contributed by atoms with Crippen LogP contribution in [0.15, 0.2) is 0 Å². The molecule has 25 heavy (non-hydrogen) atoms. The minimum atomic E-state index is 1.24. The zero-order valence-electron chi connectivity index (χ0n) is 18.6. The third-order valence-corrected chi connectivity index (χ3v) is 5.73. The van der Waals surface area contributed by atoms with Crippen molar-refractivity contribution in [2.75, 3.05) is 27.2 Å². The molecule has 152 valence electrons. The van der Waals surface area contributed by atoms with Gasteiger partial charge in [-0.15, -0.1) is 0 Å². The average molecular weight is 355 g/mol. The molecule has 0 atom stereocenters. The van der Waals surface area contributed by atoms with Crippen molar-refractivity contribution in [2.45, 2.75) is 129 Å². The number of unbranched alkanes of at least 4 members (excludes halogenated alkanes) is 16. The van der Waals surface area contributed by atoms with Crippen molar-refractivity contribution in [3.05, 3.63) is 0 Å². The summed E-state index contributed by atoms with van der Waals surface area (Å²) in [5.41, 5.74) is 0. The van der Waals surface area contributed by atoms with E-state index >= 15 is 0 Å². The zero-order chi connectivity index (χ0) is 18.6. The Hall–Kier alpha value is -0.0400. The molecule has 0 aromatic heterocycles. The molecule has 0 bridgehead atoms. The highest BCUT2D eigenvalue weighted by Crippen LogP contribution is 2.13. The van der Waals surface area contributed by atoms with Gasteiger partial charge in [0.25, 0.3) is 0 Å².